The first-order valence-electron chi connectivity index (χ1n) is 6.57. The van der Waals surface area contributed by atoms with E-state index >= 15 is 0 Å². The number of hydrogen-bond acceptors (Lipinski definition) is 3. The molecule has 1 atom stereocenters. The van der Waals surface area contributed by atoms with Gasteiger partial charge in [0.25, 0.3) is 0 Å². The molecular formula is C14H20Cl2N2O2. The van der Waals surface area contributed by atoms with E-state index in [1.165, 1.54) is 0 Å². The number of rotatable bonds is 6. The van der Waals surface area contributed by atoms with Crippen LogP contribution in [0.1, 0.15) is 18.4 Å². The monoisotopic (exact) mass is 318 g/mol. The molecule has 112 valence electrons. The zero-order valence-electron chi connectivity index (χ0n) is 11.2. The molecule has 0 radical (unpaired) electrons. The van der Waals surface area contributed by atoms with E-state index in [9.17, 15) is 4.79 Å². The Morgan fingerprint density at radius 2 is 2.10 bits per heavy atom. The quantitative estimate of drug-likeness (QED) is 0.845. The molecule has 0 saturated carbocycles. The summed E-state index contributed by atoms with van der Waals surface area (Å²) >= 11 is 5.80. The van der Waals surface area contributed by atoms with E-state index < -0.39 is 0 Å². The summed E-state index contributed by atoms with van der Waals surface area (Å²) < 4.78 is 5.47. The first-order chi connectivity index (χ1) is 9.24. The third-order valence-electron chi connectivity index (χ3n) is 3.08. The van der Waals surface area contributed by atoms with Crippen LogP contribution in [0.4, 0.5) is 0 Å². The zero-order chi connectivity index (χ0) is 13.5. The minimum absolute atomic E-state index is 0. The third kappa shape index (κ3) is 6.09. The van der Waals surface area contributed by atoms with E-state index in [0.717, 1.165) is 31.6 Å². The predicted molar refractivity (Wildman–Crippen MR) is 82.4 cm³/mol. The van der Waals surface area contributed by atoms with Crippen molar-refractivity contribution in [3.8, 4) is 0 Å². The van der Waals surface area contributed by atoms with Crippen LogP contribution in [0.2, 0.25) is 5.02 Å². The highest BCUT2D eigenvalue weighted by atomic mass is 35.5. The summed E-state index contributed by atoms with van der Waals surface area (Å²) in [6.07, 6.45) is 2.47. The number of carbonyl (C=O) groups excluding carboxylic acids is 1. The molecule has 2 rings (SSSR count). The second kappa shape index (κ2) is 9.19. The van der Waals surface area contributed by atoms with Gasteiger partial charge in [-0.25, -0.2) is 0 Å². The van der Waals surface area contributed by atoms with Crippen LogP contribution in [-0.4, -0.2) is 31.7 Å². The lowest BCUT2D eigenvalue weighted by molar-refractivity contribution is -0.120. The van der Waals surface area contributed by atoms with Crippen LogP contribution in [0.5, 0.6) is 0 Å². The smallest absolute Gasteiger partial charge is 0.234 e. The van der Waals surface area contributed by atoms with E-state index in [-0.39, 0.29) is 24.4 Å². The van der Waals surface area contributed by atoms with E-state index in [0.29, 0.717) is 18.1 Å². The average Bonchev–Trinajstić information content (AvgIpc) is 2.91. The second-order valence-electron chi connectivity index (χ2n) is 4.67. The van der Waals surface area contributed by atoms with Crippen molar-refractivity contribution in [3.05, 3.63) is 34.9 Å². The summed E-state index contributed by atoms with van der Waals surface area (Å²) in [5.41, 5.74) is 1.04. The molecule has 4 nitrogen and oxygen atoms in total. The van der Waals surface area contributed by atoms with Crippen molar-refractivity contribution < 1.29 is 9.53 Å². The lowest BCUT2D eigenvalue weighted by atomic mass is 10.2. The first kappa shape index (κ1) is 17.2. The molecule has 1 unspecified atom stereocenters. The fraction of sp³-hybridized carbons (Fsp3) is 0.500. The van der Waals surface area contributed by atoms with Crippen molar-refractivity contribution in [3.63, 3.8) is 0 Å². The molecular weight excluding hydrogens is 299 g/mol. The first-order valence-corrected chi connectivity index (χ1v) is 6.95. The summed E-state index contributed by atoms with van der Waals surface area (Å²) in [5, 5.41) is 6.67. The van der Waals surface area contributed by atoms with Gasteiger partial charge in [-0.15, -0.1) is 12.4 Å². The normalized spacial score (nSPS) is 17.6. The number of nitrogens with one attached hydrogen (secondary N) is 2. The highest BCUT2D eigenvalue weighted by molar-refractivity contribution is 6.30. The molecule has 1 heterocycles. The van der Waals surface area contributed by atoms with Crippen LogP contribution in [-0.2, 0) is 16.1 Å². The molecule has 0 spiro atoms. The molecule has 1 aromatic carbocycles. The van der Waals surface area contributed by atoms with Crippen LogP contribution in [0, 0.1) is 0 Å². The van der Waals surface area contributed by atoms with Crippen LogP contribution < -0.4 is 10.6 Å². The van der Waals surface area contributed by atoms with E-state index in [4.69, 9.17) is 16.3 Å². The summed E-state index contributed by atoms with van der Waals surface area (Å²) in [6, 6.07) is 7.45. The number of carbonyl (C=O) groups is 1. The average molecular weight is 319 g/mol. The minimum Gasteiger partial charge on any atom is -0.377 e. The van der Waals surface area contributed by atoms with Crippen LogP contribution in [0.3, 0.4) is 0 Å². The van der Waals surface area contributed by atoms with Gasteiger partial charge in [0.05, 0.1) is 12.6 Å². The molecule has 0 bridgehead atoms. The summed E-state index contributed by atoms with van der Waals surface area (Å²) in [4.78, 5) is 11.6. The van der Waals surface area contributed by atoms with Crippen molar-refractivity contribution in [2.45, 2.75) is 25.5 Å². The van der Waals surface area contributed by atoms with Gasteiger partial charge in [-0.2, -0.15) is 0 Å². The Labute approximate surface area is 130 Å². The topological polar surface area (TPSA) is 50.4 Å². The zero-order valence-corrected chi connectivity index (χ0v) is 12.8. The van der Waals surface area contributed by atoms with Crippen molar-refractivity contribution in [2.24, 2.45) is 0 Å². The Kier molecular flexibility index (Phi) is 7.92. The summed E-state index contributed by atoms with van der Waals surface area (Å²) in [6.45, 7) is 2.44. The lowest BCUT2D eigenvalue weighted by Gasteiger charge is -2.10. The number of hydrogen-bond donors (Lipinski definition) is 2. The second-order valence-corrected chi connectivity index (χ2v) is 5.11. The third-order valence-corrected chi connectivity index (χ3v) is 3.34. The Hall–Kier alpha value is -0.810. The molecule has 1 amide bonds. The molecule has 1 aromatic rings. The Bertz CT molecular complexity index is 406. The Morgan fingerprint density at radius 3 is 2.75 bits per heavy atom. The van der Waals surface area contributed by atoms with Gasteiger partial charge in [-0.05, 0) is 30.5 Å². The van der Waals surface area contributed by atoms with Crippen molar-refractivity contribution >= 4 is 29.9 Å². The van der Waals surface area contributed by atoms with Gasteiger partial charge in [-0.1, -0.05) is 23.7 Å². The molecule has 2 N–H and O–H groups in total. The Balaban J connectivity index is 0.00000200. The fourth-order valence-corrected chi connectivity index (χ4v) is 2.14. The van der Waals surface area contributed by atoms with Crippen LogP contribution >= 0.6 is 24.0 Å². The maximum atomic E-state index is 11.6. The van der Waals surface area contributed by atoms with Crippen LogP contribution in [0.25, 0.3) is 0 Å². The van der Waals surface area contributed by atoms with Gasteiger partial charge in [0.2, 0.25) is 5.91 Å². The largest absolute Gasteiger partial charge is 0.377 e. The maximum Gasteiger partial charge on any atom is 0.234 e. The highest BCUT2D eigenvalue weighted by Crippen LogP contribution is 2.10. The fourth-order valence-electron chi connectivity index (χ4n) is 2.02. The SMILES string of the molecule is Cl.O=C(CNCC1CCCO1)NCc1ccc(Cl)cc1. The highest BCUT2D eigenvalue weighted by Gasteiger charge is 2.14. The molecule has 1 aliphatic heterocycles. The minimum atomic E-state index is -0.00653. The lowest BCUT2D eigenvalue weighted by Crippen LogP contribution is -2.36. The number of benzene rings is 1. The van der Waals surface area contributed by atoms with Gasteiger partial charge in [-0.3, -0.25) is 4.79 Å². The summed E-state index contributed by atoms with van der Waals surface area (Å²) in [7, 11) is 0. The van der Waals surface area contributed by atoms with Crippen molar-refractivity contribution in [1.82, 2.24) is 10.6 Å². The molecule has 0 aliphatic carbocycles. The standard InChI is InChI=1S/C14H19ClN2O2.ClH/c15-12-5-3-11(4-6-12)8-17-14(18)10-16-9-13-2-1-7-19-13;/h3-6,13,16H,1-2,7-10H2,(H,17,18);1H. The molecule has 1 saturated heterocycles. The van der Waals surface area contributed by atoms with E-state index in [1.807, 2.05) is 24.3 Å². The molecule has 6 heteroatoms. The number of ether oxygens (including phenoxy) is 1. The number of halogens is 2. The van der Waals surface area contributed by atoms with Gasteiger partial charge >= 0.3 is 0 Å². The molecule has 0 aromatic heterocycles. The molecule has 20 heavy (non-hydrogen) atoms. The van der Waals surface area contributed by atoms with Crippen molar-refractivity contribution in [2.75, 3.05) is 19.7 Å². The van der Waals surface area contributed by atoms with Gasteiger partial charge in [0.15, 0.2) is 0 Å². The predicted octanol–water partition coefficient (Wildman–Crippen LogP) is 2.15. The van der Waals surface area contributed by atoms with E-state index in [2.05, 4.69) is 10.6 Å². The van der Waals surface area contributed by atoms with Gasteiger partial charge in [0.1, 0.15) is 0 Å². The summed E-state index contributed by atoms with van der Waals surface area (Å²) in [5.74, 6) is -0.00653. The van der Waals surface area contributed by atoms with Crippen molar-refractivity contribution in [1.29, 1.82) is 0 Å². The molecule has 1 fully saturated rings. The van der Waals surface area contributed by atoms with Gasteiger partial charge in [0, 0.05) is 24.7 Å². The maximum absolute atomic E-state index is 11.6. The molecule has 1 aliphatic rings. The van der Waals surface area contributed by atoms with Crippen LogP contribution in [0.15, 0.2) is 24.3 Å². The number of amides is 1. The Morgan fingerprint density at radius 1 is 1.35 bits per heavy atom. The van der Waals surface area contributed by atoms with E-state index in [1.54, 1.807) is 0 Å². The van der Waals surface area contributed by atoms with Gasteiger partial charge < -0.3 is 15.4 Å².